The molecule has 3 nitrogen and oxygen atoms in total. The first-order chi connectivity index (χ1) is 10.6. The van der Waals surface area contributed by atoms with Crippen LogP contribution in [0.3, 0.4) is 0 Å². The van der Waals surface area contributed by atoms with E-state index in [1.807, 2.05) is 0 Å². The Balaban J connectivity index is 1.76. The highest BCUT2D eigenvalue weighted by atomic mass is 16.3. The molecule has 3 rings (SSSR count). The molecular weight excluding hydrogens is 272 g/mol. The van der Waals surface area contributed by atoms with Gasteiger partial charge < -0.3 is 10.0 Å². The van der Waals surface area contributed by atoms with E-state index in [-0.39, 0.29) is 5.41 Å². The number of aryl methyl sites for hydroxylation is 2. The molecule has 1 N–H and O–H groups in total. The second kappa shape index (κ2) is 6.31. The van der Waals surface area contributed by atoms with Crippen molar-refractivity contribution in [2.24, 2.45) is 5.41 Å². The van der Waals surface area contributed by atoms with E-state index in [0.717, 1.165) is 26.1 Å². The Kier molecular flexibility index (Phi) is 4.58. The Morgan fingerprint density at radius 1 is 1.18 bits per heavy atom. The van der Waals surface area contributed by atoms with Gasteiger partial charge in [-0.1, -0.05) is 18.2 Å². The minimum Gasteiger partial charge on any atom is -0.396 e. The second-order valence-electron chi connectivity index (χ2n) is 7.48. The topological polar surface area (TPSA) is 26.7 Å². The van der Waals surface area contributed by atoms with Crippen molar-refractivity contribution >= 4 is 0 Å². The molecule has 3 heteroatoms. The lowest BCUT2D eigenvalue weighted by atomic mass is 9.69. The van der Waals surface area contributed by atoms with E-state index in [4.69, 9.17) is 0 Å². The Labute approximate surface area is 134 Å². The van der Waals surface area contributed by atoms with E-state index in [0.29, 0.717) is 12.6 Å². The highest BCUT2D eigenvalue weighted by Crippen LogP contribution is 2.41. The summed E-state index contributed by atoms with van der Waals surface area (Å²) in [6.07, 6.45) is 3.55. The largest absolute Gasteiger partial charge is 0.396 e. The minimum atomic E-state index is 0.143. The van der Waals surface area contributed by atoms with Gasteiger partial charge >= 0.3 is 0 Å². The van der Waals surface area contributed by atoms with E-state index in [9.17, 15) is 5.11 Å². The first kappa shape index (κ1) is 16.0. The maximum atomic E-state index is 10.0. The van der Waals surface area contributed by atoms with E-state index < -0.39 is 0 Å². The number of likely N-dealkylation sites (N-methyl/N-ethyl adjacent to an activating group) is 1. The number of piperidine rings is 2. The molecule has 1 aromatic carbocycles. The van der Waals surface area contributed by atoms with Crippen LogP contribution < -0.4 is 0 Å². The molecule has 122 valence electrons. The Hall–Kier alpha value is -0.900. The third-order valence-corrected chi connectivity index (χ3v) is 6.12. The number of hydrogen-bond donors (Lipinski definition) is 1. The van der Waals surface area contributed by atoms with Crippen molar-refractivity contribution in [1.82, 2.24) is 9.80 Å². The number of benzene rings is 1. The van der Waals surface area contributed by atoms with Gasteiger partial charge in [-0.2, -0.15) is 0 Å². The summed E-state index contributed by atoms with van der Waals surface area (Å²) in [6, 6.07) is 7.09. The lowest BCUT2D eigenvalue weighted by Crippen LogP contribution is -2.61. The number of hydrogen-bond acceptors (Lipinski definition) is 3. The molecule has 0 aliphatic carbocycles. The Bertz CT molecular complexity index is 510. The zero-order chi connectivity index (χ0) is 15.7. The van der Waals surface area contributed by atoms with E-state index in [1.54, 1.807) is 0 Å². The Morgan fingerprint density at radius 3 is 2.59 bits per heavy atom. The van der Waals surface area contributed by atoms with Crippen LogP contribution in [0.1, 0.15) is 36.0 Å². The molecule has 0 aromatic heterocycles. The standard InChI is InChI=1S/C19H30N2O/c1-15-6-4-7-16(2)17(15)12-21-11-9-19(14-22)8-5-10-20(3)18(19)13-21/h4,6-7,18,22H,5,8-14H2,1-3H3/t18-,19-/m1/s1. The summed E-state index contributed by atoms with van der Waals surface area (Å²) in [7, 11) is 2.23. The quantitative estimate of drug-likeness (QED) is 0.930. The van der Waals surface area contributed by atoms with Gasteiger partial charge in [0.2, 0.25) is 0 Å². The number of nitrogens with zero attached hydrogens (tertiary/aromatic N) is 2. The molecule has 0 amide bonds. The van der Waals surface area contributed by atoms with Gasteiger partial charge in [0.15, 0.2) is 0 Å². The molecule has 0 radical (unpaired) electrons. The van der Waals surface area contributed by atoms with E-state index in [2.05, 4.69) is 48.9 Å². The Morgan fingerprint density at radius 2 is 1.91 bits per heavy atom. The summed E-state index contributed by atoms with van der Waals surface area (Å²) in [4.78, 5) is 5.08. The van der Waals surface area contributed by atoms with Crippen LogP contribution in [0.15, 0.2) is 18.2 Å². The lowest BCUT2D eigenvalue weighted by Gasteiger charge is -2.53. The van der Waals surface area contributed by atoms with Crippen LogP contribution >= 0.6 is 0 Å². The smallest absolute Gasteiger partial charge is 0.0503 e. The van der Waals surface area contributed by atoms with Crippen molar-refractivity contribution in [2.45, 2.75) is 45.7 Å². The maximum Gasteiger partial charge on any atom is 0.0503 e. The van der Waals surface area contributed by atoms with Crippen molar-refractivity contribution in [2.75, 3.05) is 33.3 Å². The van der Waals surface area contributed by atoms with Crippen LogP contribution in [0.5, 0.6) is 0 Å². The fourth-order valence-electron chi connectivity index (χ4n) is 4.54. The lowest BCUT2D eigenvalue weighted by molar-refractivity contribution is -0.0685. The second-order valence-corrected chi connectivity index (χ2v) is 7.48. The van der Waals surface area contributed by atoms with Crippen LogP contribution in [0.2, 0.25) is 0 Å². The number of fused-ring (bicyclic) bond motifs is 1. The first-order valence-electron chi connectivity index (χ1n) is 8.64. The highest BCUT2D eigenvalue weighted by molar-refractivity contribution is 5.33. The van der Waals surface area contributed by atoms with E-state index >= 15 is 0 Å². The molecule has 2 saturated heterocycles. The average molecular weight is 302 g/mol. The third-order valence-electron chi connectivity index (χ3n) is 6.12. The highest BCUT2D eigenvalue weighted by Gasteiger charge is 2.46. The van der Waals surface area contributed by atoms with Gasteiger partial charge in [-0.3, -0.25) is 4.90 Å². The van der Waals surface area contributed by atoms with Crippen LogP contribution in [0.25, 0.3) is 0 Å². The SMILES string of the molecule is Cc1cccc(C)c1CN1CC[C@@]2(CO)CCCN(C)[C@@H]2C1. The summed E-state index contributed by atoms with van der Waals surface area (Å²) in [5, 5.41) is 10.0. The molecule has 2 fully saturated rings. The van der Waals surface area contributed by atoms with Crippen molar-refractivity contribution in [3.8, 4) is 0 Å². The van der Waals surface area contributed by atoms with Crippen LogP contribution in [-0.2, 0) is 6.54 Å². The third kappa shape index (κ3) is 2.82. The predicted molar refractivity (Wildman–Crippen MR) is 91.0 cm³/mol. The summed E-state index contributed by atoms with van der Waals surface area (Å²) in [6.45, 7) is 9.20. The minimum absolute atomic E-state index is 0.143. The molecule has 1 aromatic rings. The van der Waals surface area contributed by atoms with E-state index in [1.165, 1.54) is 36.1 Å². The fourth-order valence-corrected chi connectivity index (χ4v) is 4.54. The molecule has 2 atom stereocenters. The van der Waals surface area contributed by atoms with Gasteiger partial charge in [0.05, 0.1) is 6.61 Å². The molecule has 2 heterocycles. The molecule has 0 saturated carbocycles. The van der Waals surface area contributed by atoms with Crippen molar-refractivity contribution < 1.29 is 5.11 Å². The average Bonchev–Trinajstić information content (AvgIpc) is 2.52. The molecule has 22 heavy (non-hydrogen) atoms. The zero-order valence-electron chi connectivity index (χ0n) is 14.3. The van der Waals surface area contributed by atoms with Gasteiger partial charge in [0.25, 0.3) is 0 Å². The van der Waals surface area contributed by atoms with Crippen molar-refractivity contribution in [3.05, 3.63) is 34.9 Å². The molecule has 0 bridgehead atoms. The monoisotopic (exact) mass is 302 g/mol. The summed E-state index contributed by atoms with van der Waals surface area (Å²) >= 11 is 0. The van der Waals surface area contributed by atoms with Crippen LogP contribution in [0.4, 0.5) is 0 Å². The number of aliphatic hydroxyl groups is 1. The molecule has 0 spiro atoms. The fraction of sp³-hybridized carbons (Fsp3) is 0.684. The van der Waals surface area contributed by atoms with Crippen molar-refractivity contribution in [1.29, 1.82) is 0 Å². The van der Waals surface area contributed by atoms with Crippen molar-refractivity contribution in [3.63, 3.8) is 0 Å². The van der Waals surface area contributed by atoms with Gasteiger partial charge in [0, 0.05) is 24.5 Å². The van der Waals surface area contributed by atoms with Gasteiger partial charge in [-0.25, -0.2) is 0 Å². The molecule has 0 unspecified atom stereocenters. The summed E-state index contributed by atoms with van der Waals surface area (Å²) in [5.74, 6) is 0. The number of aliphatic hydroxyl groups excluding tert-OH is 1. The first-order valence-corrected chi connectivity index (χ1v) is 8.64. The van der Waals surface area contributed by atoms with Crippen LogP contribution in [0, 0.1) is 19.3 Å². The summed E-state index contributed by atoms with van der Waals surface area (Å²) in [5.41, 5.74) is 4.43. The normalized spacial score (nSPS) is 30.3. The molecule has 2 aliphatic heterocycles. The van der Waals surface area contributed by atoms with Crippen LogP contribution in [-0.4, -0.2) is 54.2 Å². The van der Waals surface area contributed by atoms with Gasteiger partial charge in [-0.05, 0) is 69.9 Å². The zero-order valence-corrected chi connectivity index (χ0v) is 14.3. The molecule has 2 aliphatic rings. The maximum absolute atomic E-state index is 10.0. The predicted octanol–water partition coefficient (Wildman–Crippen LogP) is 2.58. The number of likely N-dealkylation sites (tertiary alicyclic amines) is 2. The summed E-state index contributed by atoms with van der Waals surface area (Å²) < 4.78 is 0. The van der Waals surface area contributed by atoms with Gasteiger partial charge in [0.1, 0.15) is 0 Å². The molecular formula is C19H30N2O. The number of rotatable bonds is 3. The van der Waals surface area contributed by atoms with Gasteiger partial charge in [-0.15, -0.1) is 0 Å².